The van der Waals surface area contributed by atoms with Crippen LogP contribution in [0.4, 0.5) is 0 Å². The summed E-state index contributed by atoms with van der Waals surface area (Å²) in [5.41, 5.74) is 5.91. The van der Waals surface area contributed by atoms with Gasteiger partial charge in [0.2, 0.25) is 0 Å². The molecule has 0 saturated heterocycles. The zero-order valence-electron chi connectivity index (χ0n) is 9.17. The van der Waals surface area contributed by atoms with Gasteiger partial charge in [-0.25, -0.2) is 0 Å². The van der Waals surface area contributed by atoms with Crippen LogP contribution in [-0.4, -0.2) is 16.9 Å². The largest absolute Gasteiger partial charge is 0.392 e. The lowest BCUT2D eigenvalue weighted by Crippen LogP contribution is -2.43. The summed E-state index contributed by atoms with van der Waals surface area (Å²) in [6.07, 6.45) is 0.646. The van der Waals surface area contributed by atoms with Crippen LogP contribution in [0.1, 0.15) is 23.7 Å². The summed E-state index contributed by atoms with van der Waals surface area (Å²) in [7, 11) is 0. The number of thiocarbonyl (C=S) groups is 1. The van der Waals surface area contributed by atoms with Gasteiger partial charge >= 0.3 is 0 Å². The molecule has 1 unspecified atom stereocenters. The van der Waals surface area contributed by atoms with E-state index < -0.39 is 0 Å². The molecule has 1 aromatic rings. The predicted octanol–water partition coefficient (Wildman–Crippen LogP) is 2.90. The molecule has 0 aliphatic carbocycles. The maximum Gasteiger partial charge on any atom is 0.253 e. The Hall–Kier alpha value is -0.650. The summed E-state index contributed by atoms with van der Waals surface area (Å²) < 4.78 is 0.676. The van der Waals surface area contributed by atoms with E-state index in [2.05, 4.69) is 21.2 Å². The molecule has 1 aromatic carbocycles. The van der Waals surface area contributed by atoms with Crippen LogP contribution >= 0.6 is 39.7 Å². The summed E-state index contributed by atoms with van der Waals surface area (Å²) in [6.45, 7) is 1.90. The molecular weight excluding hydrogens is 324 g/mol. The second-order valence-electron chi connectivity index (χ2n) is 3.44. The van der Waals surface area contributed by atoms with Crippen LogP contribution in [0, 0.1) is 0 Å². The summed E-state index contributed by atoms with van der Waals surface area (Å²) in [4.78, 5) is 12.2. The first kappa shape index (κ1) is 14.4. The van der Waals surface area contributed by atoms with Crippen molar-refractivity contribution in [2.24, 2.45) is 5.73 Å². The van der Waals surface area contributed by atoms with Gasteiger partial charge in [-0.1, -0.05) is 36.8 Å². The SMILES string of the molecule is CCC(NC(=O)c1cccc(Br)c1Cl)C(N)=S. The minimum absolute atomic E-state index is 0.270. The average Bonchev–Trinajstić information content (AvgIpc) is 2.28. The maximum absolute atomic E-state index is 12.0. The van der Waals surface area contributed by atoms with Crippen molar-refractivity contribution in [2.45, 2.75) is 19.4 Å². The first-order chi connectivity index (χ1) is 7.97. The number of rotatable bonds is 4. The smallest absolute Gasteiger partial charge is 0.253 e. The molecule has 17 heavy (non-hydrogen) atoms. The van der Waals surface area contributed by atoms with Gasteiger partial charge < -0.3 is 11.1 Å². The Balaban J connectivity index is 2.90. The Morgan fingerprint density at radius 3 is 2.82 bits per heavy atom. The van der Waals surface area contributed by atoms with Gasteiger partial charge in [0, 0.05) is 4.47 Å². The third kappa shape index (κ3) is 3.66. The zero-order chi connectivity index (χ0) is 13.0. The van der Waals surface area contributed by atoms with E-state index in [1.165, 1.54) is 0 Å². The molecule has 92 valence electrons. The van der Waals surface area contributed by atoms with Crippen LogP contribution < -0.4 is 11.1 Å². The predicted molar refractivity (Wildman–Crippen MR) is 77.5 cm³/mol. The van der Waals surface area contributed by atoms with Gasteiger partial charge in [-0.2, -0.15) is 0 Å². The highest BCUT2D eigenvalue weighted by molar-refractivity contribution is 9.10. The van der Waals surface area contributed by atoms with E-state index in [1.54, 1.807) is 18.2 Å². The minimum Gasteiger partial charge on any atom is -0.392 e. The Morgan fingerprint density at radius 2 is 2.29 bits per heavy atom. The number of hydrogen-bond donors (Lipinski definition) is 2. The van der Waals surface area contributed by atoms with Crippen molar-refractivity contribution < 1.29 is 4.79 Å². The van der Waals surface area contributed by atoms with Gasteiger partial charge in [0.15, 0.2) is 0 Å². The highest BCUT2D eigenvalue weighted by Crippen LogP contribution is 2.25. The lowest BCUT2D eigenvalue weighted by atomic mass is 10.1. The van der Waals surface area contributed by atoms with Crippen molar-refractivity contribution in [1.29, 1.82) is 0 Å². The summed E-state index contributed by atoms with van der Waals surface area (Å²) in [5.74, 6) is -0.282. The molecule has 0 aliphatic rings. The van der Waals surface area contributed by atoms with Crippen molar-refractivity contribution >= 4 is 50.6 Å². The number of halogens is 2. The number of nitrogens with two attached hydrogens (primary N) is 1. The lowest BCUT2D eigenvalue weighted by molar-refractivity contribution is 0.0946. The molecule has 0 spiro atoms. The van der Waals surface area contributed by atoms with Gasteiger partial charge in [0.05, 0.1) is 21.6 Å². The zero-order valence-corrected chi connectivity index (χ0v) is 12.3. The van der Waals surface area contributed by atoms with Crippen molar-refractivity contribution in [3.05, 3.63) is 33.3 Å². The van der Waals surface area contributed by atoms with Crippen molar-refractivity contribution in [2.75, 3.05) is 0 Å². The van der Waals surface area contributed by atoms with Crippen molar-refractivity contribution in [1.82, 2.24) is 5.32 Å². The quantitative estimate of drug-likeness (QED) is 0.832. The summed E-state index contributed by atoms with van der Waals surface area (Å²) in [5, 5.41) is 3.12. The Kier molecular flexibility index (Phi) is 5.36. The molecule has 3 N–H and O–H groups in total. The molecule has 0 aromatic heterocycles. The van der Waals surface area contributed by atoms with E-state index in [-0.39, 0.29) is 16.9 Å². The number of amides is 1. The Bertz CT molecular complexity index is 453. The first-order valence-electron chi connectivity index (χ1n) is 5.01. The van der Waals surface area contributed by atoms with Gasteiger partial charge in [-0.05, 0) is 34.5 Å². The number of benzene rings is 1. The molecule has 6 heteroatoms. The fourth-order valence-electron chi connectivity index (χ4n) is 1.29. The minimum atomic E-state index is -0.312. The van der Waals surface area contributed by atoms with Gasteiger partial charge in [0.25, 0.3) is 5.91 Å². The fourth-order valence-corrected chi connectivity index (χ4v) is 2.09. The van der Waals surface area contributed by atoms with E-state index in [4.69, 9.17) is 29.6 Å². The second-order valence-corrected chi connectivity index (χ2v) is 5.14. The molecule has 0 saturated carbocycles. The number of carbonyl (C=O) groups excluding carboxylic acids is 1. The number of nitrogens with one attached hydrogen (secondary N) is 1. The lowest BCUT2D eigenvalue weighted by Gasteiger charge is -2.16. The summed E-state index contributed by atoms with van der Waals surface area (Å²) >= 11 is 14.2. The van der Waals surface area contributed by atoms with Crippen LogP contribution in [-0.2, 0) is 0 Å². The number of hydrogen-bond acceptors (Lipinski definition) is 2. The van der Waals surface area contributed by atoms with Crippen LogP contribution in [0.15, 0.2) is 22.7 Å². The molecule has 0 fully saturated rings. The molecule has 0 bridgehead atoms. The van der Waals surface area contributed by atoms with Crippen LogP contribution in [0.3, 0.4) is 0 Å². The first-order valence-corrected chi connectivity index (χ1v) is 6.59. The molecular formula is C11H12BrClN2OS. The molecule has 0 aliphatic heterocycles. The standard InChI is InChI=1S/C11H12BrClN2OS/c1-2-8(10(14)17)15-11(16)6-4-3-5-7(12)9(6)13/h3-5,8H,2H2,1H3,(H2,14,17)(H,15,16). The second kappa shape index (κ2) is 6.33. The third-order valence-electron chi connectivity index (χ3n) is 2.25. The van der Waals surface area contributed by atoms with Crippen LogP contribution in [0.25, 0.3) is 0 Å². The van der Waals surface area contributed by atoms with E-state index in [0.717, 1.165) is 0 Å². The van der Waals surface area contributed by atoms with Crippen molar-refractivity contribution in [3.63, 3.8) is 0 Å². The van der Waals surface area contributed by atoms with Gasteiger partial charge in [-0.15, -0.1) is 0 Å². The van der Waals surface area contributed by atoms with Crippen molar-refractivity contribution in [3.8, 4) is 0 Å². The molecule has 1 amide bonds. The van der Waals surface area contributed by atoms with Crippen LogP contribution in [0.2, 0.25) is 5.02 Å². The van der Waals surface area contributed by atoms with E-state index >= 15 is 0 Å². The number of carbonyl (C=O) groups is 1. The average molecular weight is 336 g/mol. The third-order valence-corrected chi connectivity index (χ3v) is 3.83. The highest BCUT2D eigenvalue weighted by Gasteiger charge is 2.17. The Morgan fingerprint density at radius 1 is 1.65 bits per heavy atom. The maximum atomic E-state index is 12.0. The molecule has 1 rings (SSSR count). The molecule has 0 radical (unpaired) electrons. The van der Waals surface area contributed by atoms with Gasteiger partial charge in [0.1, 0.15) is 0 Å². The van der Waals surface area contributed by atoms with E-state index in [0.29, 0.717) is 21.5 Å². The summed E-state index contributed by atoms with van der Waals surface area (Å²) in [6, 6.07) is 4.85. The van der Waals surface area contributed by atoms with E-state index in [1.807, 2.05) is 6.92 Å². The van der Waals surface area contributed by atoms with E-state index in [9.17, 15) is 4.79 Å². The van der Waals surface area contributed by atoms with Crippen LogP contribution in [0.5, 0.6) is 0 Å². The molecule has 1 atom stereocenters. The molecule has 0 heterocycles. The topological polar surface area (TPSA) is 55.1 Å². The normalized spacial score (nSPS) is 11.9. The molecule has 3 nitrogen and oxygen atoms in total. The highest BCUT2D eigenvalue weighted by atomic mass is 79.9. The monoisotopic (exact) mass is 334 g/mol. The fraction of sp³-hybridized carbons (Fsp3) is 0.273. The van der Waals surface area contributed by atoms with Gasteiger partial charge in [-0.3, -0.25) is 4.79 Å². The Labute approximate surface area is 119 Å².